The van der Waals surface area contributed by atoms with Gasteiger partial charge in [0.05, 0.1) is 6.04 Å². The Morgan fingerprint density at radius 2 is 1.38 bits per heavy atom. The van der Waals surface area contributed by atoms with Gasteiger partial charge in [0.1, 0.15) is 18.1 Å². The monoisotopic (exact) mass is 529 g/mol. The number of nitrogens with zero attached hydrogens (tertiary/aromatic N) is 1. The van der Waals surface area contributed by atoms with E-state index in [2.05, 4.69) is 20.9 Å². The lowest BCUT2D eigenvalue weighted by molar-refractivity contribution is -0.143. The zero-order valence-electron chi connectivity index (χ0n) is 22.0. The second-order valence-corrected chi connectivity index (χ2v) is 9.12. The number of aliphatic carboxylic acids is 2. The van der Waals surface area contributed by atoms with Crippen molar-refractivity contribution in [3.8, 4) is 0 Å². The van der Waals surface area contributed by atoms with Crippen molar-refractivity contribution in [1.29, 1.82) is 0 Å². The molecule has 0 heterocycles. The zero-order valence-corrected chi connectivity index (χ0v) is 22.0. The zero-order chi connectivity index (χ0) is 28.7. The number of nitrogens with two attached hydrogens (primary N) is 3. The van der Waals surface area contributed by atoms with Crippen LogP contribution in [-0.2, 0) is 24.0 Å². The first-order valence-electron chi connectivity index (χ1n) is 12.4. The molecule has 0 radical (unpaired) electrons. The first-order chi connectivity index (χ1) is 17.2. The normalized spacial score (nSPS) is 15.7. The molecule has 0 aromatic heterocycles. The van der Waals surface area contributed by atoms with Crippen molar-refractivity contribution >= 4 is 35.6 Å². The van der Waals surface area contributed by atoms with Crippen LogP contribution in [0, 0.1) is 11.8 Å². The third-order valence-corrected chi connectivity index (χ3v) is 6.19. The summed E-state index contributed by atoms with van der Waals surface area (Å²) < 4.78 is 0. The maximum atomic E-state index is 13.2. The van der Waals surface area contributed by atoms with Crippen LogP contribution in [0.5, 0.6) is 0 Å². The van der Waals surface area contributed by atoms with Crippen LogP contribution >= 0.6 is 0 Å². The smallest absolute Gasteiger partial charge is 0.326 e. The summed E-state index contributed by atoms with van der Waals surface area (Å²) in [6, 6.07) is -4.49. The number of carbonyl (C=O) groups is 5. The second-order valence-electron chi connectivity index (χ2n) is 9.12. The number of rotatable bonds is 18. The molecule has 212 valence electrons. The number of hydrogen-bond acceptors (Lipinski definition) is 7. The average Bonchev–Trinajstić information content (AvgIpc) is 2.84. The van der Waals surface area contributed by atoms with E-state index in [0.29, 0.717) is 12.8 Å². The van der Waals surface area contributed by atoms with Gasteiger partial charge in [-0.15, -0.1) is 0 Å². The molecule has 0 aliphatic carbocycles. The van der Waals surface area contributed by atoms with Gasteiger partial charge in [-0.05, 0) is 31.1 Å². The van der Waals surface area contributed by atoms with E-state index in [4.69, 9.17) is 22.3 Å². The molecule has 0 saturated carbocycles. The molecule has 0 bridgehead atoms. The highest BCUT2D eigenvalue weighted by atomic mass is 16.4. The fraction of sp³-hybridized carbons (Fsp3) is 0.739. The third kappa shape index (κ3) is 12.9. The van der Waals surface area contributed by atoms with Crippen LogP contribution in [0.4, 0.5) is 0 Å². The third-order valence-electron chi connectivity index (χ3n) is 6.19. The number of aliphatic imine (C=N–C) groups is 1. The van der Waals surface area contributed by atoms with Crippen LogP contribution in [-0.4, -0.2) is 76.5 Å². The molecule has 11 N–H and O–H groups in total. The minimum atomic E-state index is -1.47. The van der Waals surface area contributed by atoms with Gasteiger partial charge in [0.15, 0.2) is 5.96 Å². The Balaban J connectivity index is 5.74. The SMILES string of the molecule is CCC(C)C(N)C(=O)NC(C(=O)NC(CCCN=C(N)N)C(=O)NC(CCC(=O)O)C(=O)O)C(C)CC. The van der Waals surface area contributed by atoms with Crippen LogP contribution in [0.1, 0.15) is 66.2 Å². The van der Waals surface area contributed by atoms with Crippen molar-refractivity contribution in [3.05, 3.63) is 0 Å². The van der Waals surface area contributed by atoms with Crippen molar-refractivity contribution in [3.63, 3.8) is 0 Å². The molecule has 0 saturated heterocycles. The molecular weight excluding hydrogens is 486 g/mol. The van der Waals surface area contributed by atoms with Crippen LogP contribution in [0.25, 0.3) is 0 Å². The minimum absolute atomic E-state index is 0.0488. The molecule has 0 aromatic rings. The molecular formula is C23H43N7O7. The summed E-state index contributed by atoms with van der Waals surface area (Å²) >= 11 is 0. The fourth-order valence-corrected chi connectivity index (χ4v) is 3.30. The van der Waals surface area contributed by atoms with Crippen molar-refractivity contribution in [2.75, 3.05) is 6.54 Å². The van der Waals surface area contributed by atoms with E-state index in [9.17, 15) is 29.1 Å². The number of amides is 3. The lowest BCUT2D eigenvalue weighted by atomic mass is 9.95. The van der Waals surface area contributed by atoms with Gasteiger partial charge in [0.25, 0.3) is 0 Å². The minimum Gasteiger partial charge on any atom is -0.481 e. The van der Waals surface area contributed by atoms with E-state index in [1.807, 2.05) is 20.8 Å². The molecule has 14 heteroatoms. The quantitative estimate of drug-likeness (QED) is 0.0601. The first-order valence-corrected chi connectivity index (χ1v) is 12.4. The number of hydrogen-bond donors (Lipinski definition) is 8. The van der Waals surface area contributed by atoms with Gasteiger partial charge >= 0.3 is 11.9 Å². The molecule has 37 heavy (non-hydrogen) atoms. The summed E-state index contributed by atoms with van der Waals surface area (Å²) in [7, 11) is 0. The van der Waals surface area contributed by atoms with E-state index >= 15 is 0 Å². The molecule has 3 amide bonds. The van der Waals surface area contributed by atoms with Gasteiger partial charge in [0, 0.05) is 13.0 Å². The lowest BCUT2D eigenvalue weighted by Crippen LogP contribution is -2.59. The Bertz CT molecular complexity index is 817. The van der Waals surface area contributed by atoms with Gasteiger partial charge in [-0.2, -0.15) is 0 Å². The number of carboxylic acids is 2. The standard InChI is InChI=1S/C23H43N7O7/c1-5-12(3)17(24)20(34)30-18(13(4)6-2)21(35)28-14(8-7-11-27-23(25)26)19(33)29-15(22(36)37)9-10-16(31)32/h12-15,17-18H,5-11,24H2,1-4H3,(H,28,35)(H,29,33)(H,30,34)(H,31,32)(H,36,37)(H4,25,26,27). The van der Waals surface area contributed by atoms with E-state index in [0.717, 1.165) is 0 Å². The summed E-state index contributed by atoms with van der Waals surface area (Å²) in [5.41, 5.74) is 16.6. The Morgan fingerprint density at radius 1 is 0.811 bits per heavy atom. The van der Waals surface area contributed by atoms with Crippen molar-refractivity contribution in [2.24, 2.45) is 34.0 Å². The summed E-state index contributed by atoms with van der Waals surface area (Å²) in [5.74, 6) is -5.16. The number of carbonyl (C=O) groups excluding carboxylic acids is 3. The fourth-order valence-electron chi connectivity index (χ4n) is 3.30. The average molecular weight is 530 g/mol. The number of carboxylic acid groups (broad SMARTS) is 2. The molecule has 0 rings (SSSR count). The predicted octanol–water partition coefficient (Wildman–Crippen LogP) is -1.14. The van der Waals surface area contributed by atoms with Gasteiger partial charge in [0.2, 0.25) is 17.7 Å². The predicted molar refractivity (Wildman–Crippen MR) is 137 cm³/mol. The van der Waals surface area contributed by atoms with Crippen LogP contribution in [0.2, 0.25) is 0 Å². The molecule has 0 aliphatic heterocycles. The van der Waals surface area contributed by atoms with Gasteiger partial charge in [-0.1, -0.05) is 40.5 Å². The highest BCUT2D eigenvalue weighted by Crippen LogP contribution is 2.12. The van der Waals surface area contributed by atoms with Crippen molar-refractivity contribution in [1.82, 2.24) is 16.0 Å². The highest BCUT2D eigenvalue weighted by molar-refractivity contribution is 5.94. The Labute approximate surface area is 217 Å². The topological polar surface area (TPSA) is 252 Å². The number of guanidine groups is 1. The van der Waals surface area contributed by atoms with Crippen molar-refractivity contribution in [2.45, 2.75) is 90.4 Å². The Morgan fingerprint density at radius 3 is 1.86 bits per heavy atom. The van der Waals surface area contributed by atoms with E-state index in [-0.39, 0.29) is 43.6 Å². The first kappa shape index (κ1) is 33.6. The van der Waals surface area contributed by atoms with Crippen LogP contribution < -0.4 is 33.2 Å². The van der Waals surface area contributed by atoms with Crippen molar-refractivity contribution < 1.29 is 34.2 Å². The molecule has 6 unspecified atom stereocenters. The van der Waals surface area contributed by atoms with Gasteiger partial charge < -0.3 is 43.4 Å². The summed E-state index contributed by atoms with van der Waals surface area (Å²) in [4.78, 5) is 65.1. The number of nitrogens with one attached hydrogen (secondary N) is 3. The van der Waals surface area contributed by atoms with Gasteiger partial charge in [-0.25, -0.2) is 4.79 Å². The summed E-state index contributed by atoms with van der Waals surface area (Å²) in [6.07, 6.45) is 0.699. The molecule has 0 spiro atoms. The van der Waals surface area contributed by atoms with Crippen LogP contribution in [0.15, 0.2) is 4.99 Å². The highest BCUT2D eigenvalue weighted by Gasteiger charge is 2.33. The Hall–Kier alpha value is -3.42. The molecule has 6 atom stereocenters. The van der Waals surface area contributed by atoms with Gasteiger partial charge in [-0.3, -0.25) is 24.2 Å². The summed E-state index contributed by atoms with van der Waals surface area (Å²) in [5, 5.41) is 25.8. The van der Waals surface area contributed by atoms with E-state index in [1.165, 1.54) is 0 Å². The summed E-state index contributed by atoms with van der Waals surface area (Å²) in [6.45, 7) is 7.47. The molecule has 0 aliphatic rings. The maximum Gasteiger partial charge on any atom is 0.326 e. The molecule has 0 aromatic carbocycles. The Kier molecular flexibility index (Phi) is 15.5. The van der Waals surface area contributed by atoms with E-state index in [1.54, 1.807) is 6.92 Å². The molecule has 0 fully saturated rings. The maximum absolute atomic E-state index is 13.2. The van der Waals surface area contributed by atoms with Crippen LogP contribution in [0.3, 0.4) is 0 Å². The second kappa shape index (κ2) is 17.1. The lowest BCUT2D eigenvalue weighted by Gasteiger charge is -2.28. The van der Waals surface area contributed by atoms with E-state index < -0.39 is 60.2 Å². The molecule has 14 nitrogen and oxygen atoms in total. The largest absolute Gasteiger partial charge is 0.481 e.